The third kappa shape index (κ3) is 1.90. The maximum atomic E-state index is 12.8. The third-order valence-corrected chi connectivity index (χ3v) is 1.74. The van der Waals surface area contributed by atoms with Gasteiger partial charge in [-0.1, -0.05) is 0 Å². The molecule has 0 spiro atoms. The summed E-state index contributed by atoms with van der Waals surface area (Å²) in [5.74, 6) is 0. The van der Waals surface area contributed by atoms with Crippen LogP contribution in [0.4, 0.5) is 4.39 Å². The number of nitrogens with zero attached hydrogens (tertiary/aromatic N) is 1. The Labute approximate surface area is 60.4 Å². The SMILES string of the molecule is NCC(F)N1CCNCC1. The molecule has 0 aromatic heterocycles. The molecule has 60 valence electrons. The fourth-order valence-electron chi connectivity index (χ4n) is 1.11. The van der Waals surface area contributed by atoms with E-state index in [0.717, 1.165) is 26.2 Å². The van der Waals surface area contributed by atoms with Crippen LogP contribution in [0.2, 0.25) is 0 Å². The molecule has 1 atom stereocenters. The molecular formula is C6H14FN3. The van der Waals surface area contributed by atoms with Gasteiger partial charge in [-0.15, -0.1) is 0 Å². The van der Waals surface area contributed by atoms with Crippen molar-refractivity contribution in [1.82, 2.24) is 10.2 Å². The van der Waals surface area contributed by atoms with Crippen LogP contribution >= 0.6 is 0 Å². The van der Waals surface area contributed by atoms with E-state index in [9.17, 15) is 4.39 Å². The summed E-state index contributed by atoms with van der Waals surface area (Å²) in [6.45, 7) is 3.41. The lowest BCUT2D eigenvalue weighted by Crippen LogP contribution is -2.49. The summed E-state index contributed by atoms with van der Waals surface area (Å²) >= 11 is 0. The molecule has 0 aromatic rings. The summed E-state index contributed by atoms with van der Waals surface area (Å²) in [5, 5.41) is 3.14. The first-order chi connectivity index (χ1) is 4.84. The Kier molecular flexibility index (Phi) is 3.05. The van der Waals surface area contributed by atoms with Crippen molar-refractivity contribution in [3.05, 3.63) is 0 Å². The van der Waals surface area contributed by atoms with Gasteiger partial charge < -0.3 is 11.1 Å². The molecule has 10 heavy (non-hydrogen) atoms. The van der Waals surface area contributed by atoms with E-state index in [-0.39, 0.29) is 6.54 Å². The van der Waals surface area contributed by atoms with Gasteiger partial charge in [-0.2, -0.15) is 0 Å². The quantitative estimate of drug-likeness (QED) is 0.500. The number of rotatable bonds is 2. The molecule has 1 unspecified atom stereocenters. The molecule has 1 heterocycles. The van der Waals surface area contributed by atoms with Gasteiger partial charge in [0.15, 0.2) is 6.30 Å². The molecule has 0 aliphatic carbocycles. The van der Waals surface area contributed by atoms with Gasteiger partial charge in [0, 0.05) is 32.7 Å². The Morgan fingerprint density at radius 1 is 1.50 bits per heavy atom. The summed E-state index contributed by atoms with van der Waals surface area (Å²) in [4.78, 5) is 1.76. The molecule has 4 heteroatoms. The minimum atomic E-state index is -0.943. The van der Waals surface area contributed by atoms with Crippen molar-refractivity contribution < 1.29 is 4.39 Å². The summed E-state index contributed by atoms with van der Waals surface area (Å²) in [6.07, 6.45) is -0.943. The Bertz CT molecular complexity index is 93.0. The average Bonchev–Trinajstić information content (AvgIpc) is 2.05. The number of hydrogen-bond donors (Lipinski definition) is 2. The number of alkyl halides is 1. The monoisotopic (exact) mass is 147 g/mol. The molecular weight excluding hydrogens is 133 g/mol. The van der Waals surface area contributed by atoms with E-state index in [1.165, 1.54) is 0 Å². The van der Waals surface area contributed by atoms with Crippen LogP contribution in [0.3, 0.4) is 0 Å². The van der Waals surface area contributed by atoms with Gasteiger partial charge in [-0.05, 0) is 0 Å². The second-order valence-corrected chi connectivity index (χ2v) is 2.46. The fourth-order valence-corrected chi connectivity index (χ4v) is 1.11. The van der Waals surface area contributed by atoms with E-state index in [2.05, 4.69) is 5.32 Å². The van der Waals surface area contributed by atoms with E-state index in [1.54, 1.807) is 4.90 Å². The number of halogens is 1. The molecule has 1 fully saturated rings. The van der Waals surface area contributed by atoms with Gasteiger partial charge in [0.25, 0.3) is 0 Å². The second kappa shape index (κ2) is 3.85. The minimum absolute atomic E-state index is 0.111. The van der Waals surface area contributed by atoms with E-state index in [0.29, 0.717) is 0 Å². The lowest BCUT2D eigenvalue weighted by atomic mass is 10.3. The molecule has 0 radical (unpaired) electrons. The van der Waals surface area contributed by atoms with Crippen molar-refractivity contribution in [3.8, 4) is 0 Å². The van der Waals surface area contributed by atoms with Crippen LogP contribution in [0.15, 0.2) is 0 Å². The topological polar surface area (TPSA) is 41.3 Å². The van der Waals surface area contributed by atoms with Gasteiger partial charge >= 0.3 is 0 Å². The zero-order valence-electron chi connectivity index (χ0n) is 6.02. The van der Waals surface area contributed by atoms with Crippen LogP contribution in [-0.4, -0.2) is 43.9 Å². The van der Waals surface area contributed by atoms with E-state index < -0.39 is 6.30 Å². The van der Waals surface area contributed by atoms with Gasteiger partial charge in [-0.3, -0.25) is 4.90 Å². The predicted molar refractivity (Wildman–Crippen MR) is 38.4 cm³/mol. The number of hydrogen-bond acceptors (Lipinski definition) is 3. The lowest BCUT2D eigenvalue weighted by molar-refractivity contribution is 0.0770. The molecule has 0 aromatic carbocycles. The first-order valence-electron chi connectivity index (χ1n) is 3.63. The molecule has 3 nitrogen and oxygen atoms in total. The van der Waals surface area contributed by atoms with E-state index in [1.807, 2.05) is 0 Å². The largest absolute Gasteiger partial charge is 0.327 e. The van der Waals surface area contributed by atoms with Crippen molar-refractivity contribution in [3.63, 3.8) is 0 Å². The normalized spacial score (nSPS) is 24.6. The van der Waals surface area contributed by atoms with Crippen molar-refractivity contribution in [2.75, 3.05) is 32.7 Å². The van der Waals surface area contributed by atoms with Crippen LogP contribution in [-0.2, 0) is 0 Å². The highest BCUT2D eigenvalue weighted by molar-refractivity contribution is 4.70. The highest BCUT2D eigenvalue weighted by atomic mass is 19.1. The molecule has 1 saturated heterocycles. The molecule has 0 bridgehead atoms. The van der Waals surface area contributed by atoms with Crippen LogP contribution in [0.5, 0.6) is 0 Å². The smallest absolute Gasteiger partial charge is 0.166 e. The fraction of sp³-hybridized carbons (Fsp3) is 1.00. The maximum Gasteiger partial charge on any atom is 0.166 e. The Balaban J connectivity index is 2.24. The van der Waals surface area contributed by atoms with Crippen molar-refractivity contribution in [2.24, 2.45) is 5.73 Å². The van der Waals surface area contributed by atoms with Crippen LogP contribution in [0, 0.1) is 0 Å². The number of nitrogens with one attached hydrogen (secondary N) is 1. The molecule has 1 aliphatic rings. The van der Waals surface area contributed by atoms with E-state index >= 15 is 0 Å². The Hall–Kier alpha value is -0.190. The molecule has 0 amide bonds. The van der Waals surface area contributed by atoms with Crippen molar-refractivity contribution in [1.29, 1.82) is 0 Å². The Morgan fingerprint density at radius 2 is 2.10 bits per heavy atom. The zero-order chi connectivity index (χ0) is 7.40. The Morgan fingerprint density at radius 3 is 2.60 bits per heavy atom. The molecule has 0 saturated carbocycles. The van der Waals surface area contributed by atoms with Gasteiger partial charge in [-0.25, -0.2) is 4.39 Å². The molecule has 3 N–H and O–H groups in total. The molecule has 1 aliphatic heterocycles. The van der Waals surface area contributed by atoms with Crippen LogP contribution in [0.25, 0.3) is 0 Å². The zero-order valence-corrected chi connectivity index (χ0v) is 6.02. The highest BCUT2D eigenvalue weighted by Crippen LogP contribution is 2.00. The first-order valence-corrected chi connectivity index (χ1v) is 3.63. The predicted octanol–water partition coefficient (Wildman–Crippen LogP) is -0.854. The number of nitrogens with two attached hydrogens (primary N) is 1. The standard InChI is InChI=1S/C6H14FN3/c7-6(5-8)10-3-1-9-2-4-10/h6,9H,1-5,8H2. The van der Waals surface area contributed by atoms with Gasteiger partial charge in [0.2, 0.25) is 0 Å². The van der Waals surface area contributed by atoms with Crippen molar-refractivity contribution in [2.45, 2.75) is 6.30 Å². The highest BCUT2D eigenvalue weighted by Gasteiger charge is 2.17. The van der Waals surface area contributed by atoms with Crippen LogP contribution < -0.4 is 11.1 Å². The van der Waals surface area contributed by atoms with Crippen LogP contribution in [0.1, 0.15) is 0 Å². The molecule has 1 rings (SSSR count). The van der Waals surface area contributed by atoms with Crippen molar-refractivity contribution >= 4 is 0 Å². The van der Waals surface area contributed by atoms with E-state index in [4.69, 9.17) is 5.73 Å². The first kappa shape index (κ1) is 7.91. The maximum absolute atomic E-state index is 12.8. The number of piperazine rings is 1. The summed E-state index contributed by atoms with van der Waals surface area (Å²) < 4.78 is 12.8. The lowest BCUT2D eigenvalue weighted by Gasteiger charge is -2.29. The summed E-state index contributed by atoms with van der Waals surface area (Å²) in [5.41, 5.74) is 5.17. The van der Waals surface area contributed by atoms with Gasteiger partial charge in [0.1, 0.15) is 0 Å². The average molecular weight is 147 g/mol. The third-order valence-electron chi connectivity index (χ3n) is 1.74. The summed E-state index contributed by atoms with van der Waals surface area (Å²) in [7, 11) is 0. The minimum Gasteiger partial charge on any atom is -0.327 e. The summed E-state index contributed by atoms with van der Waals surface area (Å²) in [6, 6.07) is 0. The van der Waals surface area contributed by atoms with Gasteiger partial charge in [0.05, 0.1) is 0 Å². The second-order valence-electron chi connectivity index (χ2n) is 2.46.